The summed E-state index contributed by atoms with van der Waals surface area (Å²) in [5.74, 6) is -0.0991. The van der Waals surface area contributed by atoms with E-state index < -0.39 is 0 Å². The fourth-order valence-corrected chi connectivity index (χ4v) is 3.22. The summed E-state index contributed by atoms with van der Waals surface area (Å²) in [6.45, 7) is 0.418. The topological polar surface area (TPSA) is 20.3 Å². The van der Waals surface area contributed by atoms with Crippen molar-refractivity contribution in [2.75, 3.05) is 7.05 Å². The van der Waals surface area contributed by atoms with E-state index in [0.29, 0.717) is 27.2 Å². The Kier molecular flexibility index (Phi) is 5.77. The lowest BCUT2D eigenvalue weighted by Crippen LogP contribution is -2.26. The maximum atomic E-state index is 12.5. The van der Waals surface area contributed by atoms with E-state index in [-0.39, 0.29) is 5.91 Å². The normalized spacial score (nSPS) is 10.5. The number of halogens is 4. The van der Waals surface area contributed by atoms with Crippen LogP contribution in [0.2, 0.25) is 15.1 Å². The number of nitrogens with zero attached hydrogens (tertiary/aromatic N) is 1. The van der Waals surface area contributed by atoms with Gasteiger partial charge >= 0.3 is 0 Å². The van der Waals surface area contributed by atoms with E-state index in [9.17, 15) is 4.79 Å². The zero-order valence-corrected chi connectivity index (χ0v) is 15.5. The molecule has 0 saturated carbocycles. The van der Waals surface area contributed by atoms with Gasteiger partial charge in [-0.15, -0.1) is 0 Å². The minimum absolute atomic E-state index is 0.0991. The van der Waals surface area contributed by atoms with Crippen LogP contribution in [0.1, 0.15) is 15.9 Å². The standard InChI is InChI=1S/C15H11Cl3INO/c1-20(8-9-4-11(17)6-12(18)5-9)15(21)13-7-10(16)2-3-14(13)19/h2-7H,8H2,1H3. The molecule has 0 saturated heterocycles. The highest BCUT2D eigenvalue weighted by Crippen LogP contribution is 2.22. The Balaban J connectivity index is 2.21. The van der Waals surface area contributed by atoms with Crippen LogP contribution in [0.5, 0.6) is 0 Å². The van der Waals surface area contributed by atoms with E-state index in [0.717, 1.165) is 9.13 Å². The third-order valence-electron chi connectivity index (χ3n) is 2.85. The second-order valence-electron chi connectivity index (χ2n) is 4.56. The van der Waals surface area contributed by atoms with Crippen LogP contribution in [0, 0.1) is 3.57 Å². The minimum Gasteiger partial charge on any atom is -0.337 e. The summed E-state index contributed by atoms with van der Waals surface area (Å²) in [6.07, 6.45) is 0. The van der Waals surface area contributed by atoms with Crippen LogP contribution < -0.4 is 0 Å². The lowest BCUT2D eigenvalue weighted by molar-refractivity contribution is 0.0784. The van der Waals surface area contributed by atoms with E-state index >= 15 is 0 Å². The third kappa shape index (κ3) is 4.49. The molecule has 0 heterocycles. The van der Waals surface area contributed by atoms with Gasteiger partial charge in [-0.05, 0) is 64.6 Å². The van der Waals surface area contributed by atoms with Crippen molar-refractivity contribution in [3.8, 4) is 0 Å². The summed E-state index contributed by atoms with van der Waals surface area (Å²) in [6, 6.07) is 10.5. The van der Waals surface area contributed by atoms with Crippen molar-refractivity contribution < 1.29 is 4.79 Å². The molecule has 0 radical (unpaired) electrons. The van der Waals surface area contributed by atoms with Gasteiger partial charge in [0.05, 0.1) is 5.56 Å². The number of rotatable bonds is 3. The number of carbonyl (C=O) groups is 1. The molecule has 0 bridgehead atoms. The largest absolute Gasteiger partial charge is 0.337 e. The lowest BCUT2D eigenvalue weighted by Gasteiger charge is -2.18. The summed E-state index contributed by atoms with van der Waals surface area (Å²) in [5.41, 5.74) is 1.46. The average Bonchev–Trinajstić information content (AvgIpc) is 2.39. The van der Waals surface area contributed by atoms with Crippen molar-refractivity contribution in [3.05, 3.63) is 66.2 Å². The molecule has 2 aromatic rings. The summed E-state index contributed by atoms with van der Waals surface area (Å²) >= 11 is 20.0. The highest BCUT2D eigenvalue weighted by molar-refractivity contribution is 14.1. The first-order valence-electron chi connectivity index (χ1n) is 6.02. The number of amides is 1. The number of benzene rings is 2. The van der Waals surface area contributed by atoms with Gasteiger partial charge in [0.2, 0.25) is 0 Å². The van der Waals surface area contributed by atoms with Gasteiger partial charge in [0.25, 0.3) is 5.91 Å². The number of carbonyl (C=O) groups excluding carboxylic acids is 1. The van der Waals surface area contributed by atoms with Gasteiger partial charge < -0.3 is 4.90 Å². The molecule has 0 fully saturated rings. The summed E-state index contributed by atoms with van der Waals surface area (Å²) in [5, 5.41) is 1.64. The predicted octanol–water partition coefficient (Wildman–Crippen LogP) is 5.52. The van der Waals surface area contributed by atoms with Gasteiger partial charge in [0.15, 0.2) is 0 Å². The van der Waals surface area contributed by atoms with Crippen LogP contribution in [0.3, 0.4) is 0 Å². The van der Waals surface area contributed by atoms with Gasteiger partial charge in [0, 0.05) is 32.2 Å². The van der Waals surface area contributed by atoms with Gasteiger partial charge in [-0.3, -0.25) is 4.79 Å². The maximum absolute atomic E-state index is 12.5. The molecule has 6 heteroatoms. The highest BCUT2D eigenvalue weighted by atomic mass is 127. The SMILES string of the molecule is CN(Cc1cc(Cl)cc(Cl)c1)C(=O)c1cc(Cl)ccc1I. The van der Waals surface area contributed by atoms with Crippen LogP contribution >= 0.6 is 57.4 Å². The van der Waals surface area contributed by atoms with Crippen molar-refractivity contribution in [1.29, 1.82) is 0 Å². The summed E-state index contributed by atoms with van der Waals surface area (Å²) in [7, 11) is 1.73. The Bertz CT molecular complexity index is 670. The smallest absolute Gasteiger partial charge is 0.255 e. The quantitative estimate of drug-likeness (QED) is 0.559. The van der Waals surface area contributed by atoms with Gasteiger partial charge in [-0.2, -0.15) is 0 Å². The first-order valence-corrected chi connectivity index (χ1v) is 8.23. The minimum atomic E-state index is -0.0991. The van der Waals surface area contributed by atoms with E-state index in [1.165, 1.54) is 0 Å². The zero-order valence-electron chi connectivity index (χ0n) is 11.0. The molecule has 2 nitrogen and oxygen atoms in total. The number of hydrogen-bond donors (Lipinski definition) is 0. The van der Waals surface area contributed by atoms with Crippen molar-refractivity contribution in [1.82, 2.24) is 4.90 Å². The maximum Gasteiger partial charge on any atom is 0.255 e. The summed E-state index contributed by atoms with van der Waals surface area (Å²) in [4.78, 5) is 14.1. The van der Waals surface area contributed by atoms with Crippen molar-refractivity contribution in [2.24, 2.45) is 0 Å². The first kappa shape index (κ1) is 16.9. The molecule has 0 atom stereocenters. The molecule has 0 aliphatic carbocycles. The number of hydrogen-bond acceptors (Lipinski definition) is 1. The van der Waals surface area contributed by atoms with Crippen LogP contribution in [0.4, 0.5) is 0 Å². The molecule has 2 aromatic carbocycles. The molecular weight excluding hydrogens is 443 g/mol. The molecule has 0 aromatic heterocycles. The Morgan fingerprint density at radius 2 is 1.67 bits per heavy atom. The van der Waals surface area contributed by atoms with Crippen molar-refractivity contribution in [2.45, 2.75) is 6.54 Å². The zero-order chi connectivity index (χ0) is 15.6. The average molecular weight is 455 g/mol. The van der Waals surface area contributed by atoms with Gasteiger partial charge in [-0.1, -0.05) is 34.8 Å². The highest BCUT2D eigenvalue weighted by Gasteiger charge is 2.16. The molecule has 0 aliphatic rings. The molecule has 2 rings (SSSR count). The molecule has 0 N–H and O–H groups in total. The molecule has 0 spiro atoms. The van der Waals surface area contributed by atoms with Crippen molar-refractivity contribution >= 4 is 63.3 Å². The molecule has 110 valence electrons. The van der Waals surface area contributed by atoms with E-state index in [1.54, 1.807) is 42.3 Å². The second kappa shape index (κ2) is 7.18. The molecule has 0 unspecified atom stereocenters. The lowest BCUT2D eigenvalue weighted by atomic mass is 10.1. The van der Waals surface area contributed by atoms with Crippen LogP contribution in [0.25, 0.3) is 0 Å². The monoisotopic (exact) mass is 453 g/mol. The van der Waals surface area contributed by atoms with E-state index in [1.807, 2.05) is 6.07 Å². The first-order chi connectivity index (χ1) is 9.86. The molecule has 0 aliphatic heterocycles. The fourth-order valence-electron chi connectivity index (χ4n) is 1.91. The van der Waals surface area contributed by atoms with E-state index in [4.69, 9.17) is 34.8 Å². The van der Waals surface area contributed by atoms with Crippen LogP contribution in [0.15, 0.2) is 36.4 Å². The van der Waals surface area contributed by atoms with Crippen LogP contribution in [-0.2, 0) is 6.54 Å². The van der Waals surface area contributed by atoms with E-state index in [2.05, 4.69) is 22.6 Å². The predicted molar refractivity (Wildman–Crippen MR) is 96.4 cm³/mol. The van der Waals surface area contributed by atoms with Gasteiger partial charge in [0.1, 0.15) is 0 Å². The van der Waals surface area contributed by atoms with Gasteiger partial charge in [-0.25, -0.2) is 0 Å². The Labute approximate surface area is 152 Å². The molecular formula is C15H11Cl3INO. The Morgan fingerprint density at radius 3 is 2.29 bits per heavy atom. The summed E-state index contributed by atoms with van der Waals surface area (Å²) < 4.78 is 0.859. The molecule has 21 heavy (non-hydrogen) atoms. The van der Waals surface area contributed by atoms with Crippen LogP contribution in [-0.4, -0.2) is 17.9 Å². The Morgan fingerprint density at radius 1 is 1.05 bits per heavy atom. The fraction of sp³-hybridized carbons (Fsp3) is 0.133. The van der Waals surface area contributed by atoms with Crippen molar-refractivity contribution in [3.63, 3.8) is 0 Å². The molecule has 1 amide bonds. The Hall–Kier alpha value is -0.490. The second-order valence-corrected chi connectivity index (χ2v) is 7.03. The third-order valence-corrected chi connectivity index (χ3v) is 4.46.